The summed E-state index contributed by atoms with van der Waals surface area (Å²) in [6.45, 7) is 1.53. The topological polar surface area (TPSA) is 43.8 Å². The number of aromatic nitrogens is 2. The summed E-state index contributed by atoms with van der Waals surface area (Å²) >= 11 is 1.79. The molecule has 0 aliphatic rings. The van der Waals surface area contributed by atoms with Gasteiger partial charge in [0, 0.05) is 24.2 Å². The van der Waals surface area contributed by atoms with E-state index < -0.39 is 0 Å². The number of nitrogens with zero attached hydrogens (tertiary/aromatic N) is 2. The SMILES string of the molecule is NCc1cncn1CCc1cccs1. The maximum atomic E-state index is 5.59. The lowest BCUT2D eigenvalue weighted by molar-refractivity contribution is 0.665. The second kappa shape index (κ2) is 4.39. The summed E-state index contributed by atoms with van der Waals surface area (Å²) in [5, 5.41) is 2.10. The van der Waals surface area contributed by atoms with E-state index in [1.807, 2.05) is 12.5 Å². The molecule has 2 heterocycles. The van der Waals surface area contributed by atoms with E-state index in [2.05, 4.69) is 27.1 Å². The van der Waals surface area contributed by atoms with Gasteiger partial charge in [0.2, 0.25) is 0 Å². The van der Waals surface area contributed by atoms with Crippen molar-refractivity contribution in [3.63, 3.8) is 0 Å². The molecule has 0 amide bonds. The summed E-state index contributed by atoms with van der Waals surface area (Å²) in [5.74, 6) is 0. The van der Waals surface area contributed by atoms with Gasteiger partial charge in [0.25, 0.3) is 0 Å². The molecule has 0 radical (unpaired) electrons. The third kappa shape index (κ3) is 2.02. The molecule has 0 unspecified atom stereocenters. The van der Waals surface area contributed by atoms with E-state index in [-0.39, 0.29) is 0 Å². The lowest BCUT2D eigenvalue weighted by atomic mass is 10.3. The van der Waals surface area contributed by atoms with Gasteiger partial charge >= 0.3 is 0 Å². The molecule has 0 fully saturated rings. The molecule has 2 aromatic rings. The van der Waals surface area contributed by atoms with Crippen LogP contribution in [0.5, 0.6) is 0 Å². The number of hydrogen-bond donors (Lipinski definition) is 1. The minimum atomic E-state index is 0.560. The molecular weight excluding hydrogens is 194 g/mol. The molecule has 0 atom stereocenters. The molecule has 3 nitrogen and oxygen atoms in total. The van der Waals surface area contributed by atoms with Crippen LogP contribution in [0.3, 0.4) is 0 Å². The average molecular weight is 207 g/mol. The minimum absolute atomic E-state index is 0.560. The molecule has 4 heteroatoms. The summed E-state index contributed by atoms with van der Waals surface area (Å²) in [4.78, 5) is 5.48. The van der Waals surface area contributed by atoms with Crippen LogP contribution in [0.2, 0.25) is 0 Å². The Hall–Kier alpha value is -1.13. The van der Waals surface area contributed by atoms with E-state index in [1.54, 1.807) is 11.3 Å². The standard InChI is InChI=1S/C10H13N3S/c11-6-9-7-12-8-13(9)4-3-10-2-1-5-14-10/h1-2,5,7-8H,3-4,6,11H2. The molecule has 0 aliphatic carbocycles. The molecule has 2 N–H and O–H groups in total. The van der Waals surface area contributed by atoms with Crippen molar-refractivity contribution in [1.29, 1.82) is 0 Å². The van der Waals surface area contributed by atoms with Gasteiger partial charge in [-0.05, 0) is 17.9 Å². The maximum absolute atomic E-state index is 5.59. The van der Waals surface area contributed by atoms with Crippen LogP contribution in [0, 0.1) is 0 Å². The third-order valence-electron chi connectivity index (χ3n) is 2.19. The highest BCUT2D eigenvalue weighted by molar-refractivity contribution is 7.09. The fourth-order valence-corrected chi connectivity index (χ4v) is 2.10. The molecule has 0 spiro atoms. The zero-order valence-electron chi connectivity index (χ0n) is 7.89. The van der Waals surface area contributed by atoms with Crippen molar-refractivity contribution < 1.29 is 0 Å². The Bertz CT molecular complexity index is 378. The number of rotatable bonds is 4. The van der Waals surface area contributed by atoms with E-state index in [1.165, 1.54) is 4.88 Å². The molecule has 0 bridgehead atoms. The molecule has 0 aliphatic heterocycles. The van der Waals surface area contributed by atoms with Gasteiger partial charge in [0.05, 0.1) is 12.0 Å². The van der Waals surface area contributed by atoms with Crippen LogP contribution in [-0.2, 0) is 19.5 Å². The number of nitrogens with two attached hydrogens (primary N) is 1. The van der Waals surface area contributed by atoms with E-state index in [4.69, 9.17) is 5.73 Å². The minimum Gasteiger partial charge on any atom is -0.333 e. The quantitative estimate of drug-likeness (QED) is 0.828. The summed E-state index contributed by atoms with van der Waals surface area (Å²) in [7, 11) is 0. The molecule has 0 saturated heterocycles. The van der Waals surface area contributed by atoms with Crippen LogP contribution in [0.25, 0.3) is 0 Å². The first-order valence-electron chi connectivity index (χ1n) is 4.61. The smallest absolute Gasteiger partial charge is 0.0948 e. The van der Waals surface area contributed by atoms with Crippen molar-refractivity contribution in [2.45, 2.75) is 19.5 Å². The van der Waals surface area contributed by atoms with Crippen LogP contribution in [-0.4, -0.2) is 9.55 Å². The van der Waals surface area contributed by atoms with Crippen LogP contribution in [0.1, 0.15) is 10.6 Å². The average Bonchev–Trinajstić information content (AvgIpc) is 2.85. The molecule has 14 heavy (non-hydrogen) atoms. The zero-order chi connectivity index (χ0) is 9.80. The van der Waals surface area contributed by atoms with Crippen molar-refractivity contribution in [3.8, 4) is 0 Å². The Morgan fingerprint density at radius 3 is 3.14 bits per heavy atom. The first kappa shape index (κ1) is 9.43. The summed E-state index contributed by atoms with van der Waals surface area (Å²) < 4.78 is 2.11. The van der Waals surface area contributed by atoms with Gasteiger partial charge < -0.3 is 10.3 Å². The predicted molar refractivity (Wildman–Crippen MR) is 58.1 cm³/mol. The maximum Gasteiger partial charge on any atom is 0.0948 e. The molecule has 0 saturated carbocycles. The highest BCUT2D eigenvalue weighted by Gasteiger charge is 2.00. The Morgan fingerprint density at radius 2 is 2.43 bits per heavy atom. The van der Waals surface area contributed by atoms with Gasteiger partial charge in [0.15, 0.2) is 0 Å². The normalized spacial score (nSPS) is 10.6. The predicted octanol–water partition coefficient (Wildman–Crippen LogP) is 1.65. The second-order valence-corrected chi connectivity index (χ2v) is 4.14. The first-order valence-corrected chi connectivity index (χ1v) is 5.49. The van der Waals surface area contributed by atoms with Gasteiger partial charge in [0.1, 0.15) is 0 Å². The lowest BCUT2D eigenvalue weighted by Crippen LogP contribution is -2.07. The third-order valence-corrected chi connectivity index (χ3v) is 3.12. The number of aryl methyl sites for hydroxylation is 2. The Labute approximate surface area is 87.2 Å². The van der Waals surface area contributed by atoms with Crippen molar-refractivity contribution in [2.24, 2.45) is 5.73 Å². The van der Waals surface area contributed by atoms with Gasteiger partial charge in [-0.25, -0.2) is 4.98 Å². The van der Waals surface area contributed by atoms with Gasteiger partial charge in [-0.3, -0.25) is 0 Å². The molecule has 0 aromatic carbocycles. The van der Waals surface area contributed by atoms with Crippen LogP contribution < -0.4 is 5.73 Å². The Morgan fingerprint density at radius 1 is 1.50 bits per heavy atom. The monoisotopic (exact) mass is 207 g/mol. The number of hydrogen-bond acceptors (Lipinski definition) is 3. The number of imidazole rings is 1. The van der Waals surface area contributed by atoms with Gasteiger partial charge in [-0.15, -0.1) is 11.3 Å². The van der Waals surface area contributed by atoms with Crippen LogP contribution in [0.15, 0.2) is 30.0 Å². The largest absolute Gasteiger partial charge is 0.333 e. The highest BCUT2D eigenvalue weighted by atomic mass is 32.1. The Kier molecular flexibility index (Phi) is 2.96. The second-order valence-electron chi connectivity index (χ2n) is 3.11. The van der Waals surface area contributed by atoms with Crippen LogP contribution >= 0.6 is 11.3 Å². The highest BCUT2D eigenvalue weighted by Crippen LogP contribution is 2.10. The van der Waals surface area contributed by atoms with Gasteiger partial charge in [-0.2, -0.15) is 0 Å². The lowest BCUT2D eigenvalue weighted by Gasteiger charge is -2.04. The number of thiophene rings is 1. The van der Waals surface area contributed by atoms with Crippen molar-refractivity contribution in [3.05, 3.63) is 40.6 Å². The summed E-state index contributed by atoms with van der Waals surface area (Å²) in [5.41, 5.74) is 6.68. The van der Waals surface area contributed by atoms with Crippen molar-refractivity contribution >= 4 is 11.3 Å². The fourth-order valence-electron chi connectivity index (χ4n) is 1.40. The summed E-state index contributed by atoms with van der Waals surface area (Å²) in [6, 6.07) is 4.24. The van der Waals surface area contributed by atoms with E-state index in [9.17, 15) is 0 Å². The molecule has 2 rings (SSSR count). The van der Waals surface area contributed by atoms with Crippen LogP contribution in [0.4, 0.5) is 0 Å². The van der Waals surface area contributed by atoms with Gasteiger partial charge in [-0.1, -0.05) is 6.07 Å². The van der Waals surface area contributed by atoms with E-state index in [0.29, 0.717) is 6.54 Å². The first-order chi connectivity index (χ1) is 6.90. The molecular formula is C10H13N3S. The van der Waals surface area contributed by atoms with Crippen molar-refractivity contribution in [1.82, 2.24) is 9.55 Å². The summed E-state index contributed by atoms with van der Waals surface area (Å²) in [6.07, 6.45) is 4.73. The Balaban J connectivity index is 1.98. The van der Waals surface area contributed by atoms with E-state index in [0.717, 1.165) is 18.7 Å². The van der Waals surface area contributed by atoms with E-state index >= 15 is 0 Å². The fraction of sp³-hybridized carbons (Fsp3) is 0.300. The van der Waals surface area contributed by atoms with Crippen molar-refractivity contribution in [2.75, 3.05) is 0 Å². The molecule has 74 valence electrons. The molecule has 2 aromatic heterocycles. The zero-order valence-corrected chi connectivity index (χ0v) is 8.70.